The van der Waals surface area contributed by atoms with Crippen LogP contribution in [0.3, 0.4) is 0 Å². The minimum absolute atomic E-state index is 0.177. The fraction of sp³-hybridized carbons (Fsp3) is 0.500. The van der Waals surface area contributed by atoms with Crippen molar-refractivity contribution >= 4 is 44.7 Å². The zero-order chi connectivity index (χ0) is 26.8. The van der Waals surface area contributed by atoms with Crippen LogP contribution in [0.15, 0.2) is 30.5 Å². The summed E-state index contributed by atoms with van der Waals surface area (Å²) < 4.78 is 28.1. The lowest BCUT2D eigenvalue weighted by Crippen LogP contribution is -2.39. The van der Waals surface area contributed by atoms with E-state index in [-0.39, 0.29) is 34.7 Å². The van der Waals surface area contributed by atoms with Crippen LogP contribution in [0.2, 0.25) is 5.02 Å². The van der Waals surface area contributed by atoms with Crippen LogP contribution in [0.5, 0.6) is 0 Å². The second-order valence-corrected chi connectivity index (χ2v) is 13.2. The molecule has 4 heterocycles. The fourth-order valence-electron chi connectivity index (χ4n) is 5.97. The first-order chi connectivity index (χ1) is 18.0. The second-order valence-electron chi connectivity index (χ2n) is 11.0. The quantitative estimate of drug-likeness (QED) is 0.492. The van der Waals surface area contributed by atoms with E-state index in [0.29, 0.717) is 11.6 Å². The molecular weight excluding hydrogens is 526 g/mol. The third-order valence-electron chi connectivity index (χ3n) is 8.14. The molecule has 12 heteroatoms. The van der Waals surface area contributed by atoms with E-state index in [4.69, 9.17) is 27.4 Å². The molecule has 38 heavy (non-hydrogen) atoms. The summed E-state index contributed by atoms with van der Waals surface area (Å²) >= 11 is 6.21. The van der Waals surface area contributed by atoms with Crippen molar-refractivity contribution in [1.29, 1.82) is 0 Å². The van der Waals surface area contributed by atoms with Crippen LogP contribution in [-0.2, 0) is 10.0 Å². The molecule has 0 bridgehead atoms. The number of nitrogens with zero attached hydrogens (tertiary/aromatic N) is 5. The number of aromatic nitrogens is 3. The monoisotopic (exact) mass is 557 g/mol. The zero-order valence-corrected chi connectivity index (χ0v) is 23.1. The first kappa shape index (κ1) is 25.4. The van der Waals surface area contributed by atoms with E-state index in [0.717, 1.165) is 61.3 Å². The number of sulfonamides is 1. The number of amides is 1. The van der Waals surface area contributed by atoms with Crippen LogP contribution in [0.25, 0.3) is 5.65 Å². The molecule has 2 aromatic heterocycles. The van der Waals surface area contributed by atoms with Gasteiger partial charge in [0, 0.05) is 53.9 Å². The van der Waals surface area contributed by atoms with Gasteiger partial charge in [0.05, 0.1) is 29.2 Å². The van der Waals surface area contributed by atoms with Crippen LogP contribution in [0.1, 0.15) is 59.8 Å². The molecule has 1 aromatic carbocycles. The summed E-state index contributed by atoms with van der Waals surface area (Å²) in [6.07, 6.45) is 7.97. The number of fused-ring (bicyclic) bond motifs is 1. The molecule has 1 aliphatic carbocycles. The SMILES string of the molecule is Cc1cn2nc(C3CCCCN3C(=O)c3cc(Cl)ccc3NS(C)(=O)=O)cc2nc1N1CC(N)C2(CC2)C1. The molecule has 1 spiro atoms. The van der Waals surface area contributed by atoms with Gasteiger partial charge in [-0.3, -0.25) is 9.52 Å². The lowest BCUT2D eigenvalue weighted by Gasteiger charge is -2.35. The third-order valence-corrected chi connectivity index (χ3v) is 8.96. The first-order valence-corrected chi connectivity index (χ1v) is 15.3. The Morgan fingerprint density at radius 1 is 1.24 bits per heavy atom. The number of nitrogens with one attached hydrogen (secondary N) is 1. The standard InChI is InChI=1S/C26H32ClN7O3S/c1-16-13-34-23(29-24(16)32-14-22(28)26(15-32)8-9-26)12-20(30-34)21-5-3-4-10-33(21)25(35)18-11-17(27)6-7-19(18)31-38(2,36)37/h6-7,11-13,21-22,31H,3-5,8-10,14-15,28H2,1-2H3. The van der Waals surface area contributed by atoms with E-state index in [2.05, 4.69) is 9.62 Å². The van der Waals surface area contributed by atoms with Gasteiger partial charge in [0.15, 0.2) is 5.65 Å². The lowest BCUT2D eigenvalue weighted by atomic mass is 9.98. The van der Waals surface area contributed by atoms with E-state index < -0.39 is 10.0 Å². The number of carbonyl (C=O) groups excluding carboxylic acids is 1. The van der Waals surface area contributed by atoms with Gasteiger partial charge in [-0.1, -0.05) is 11.6 Å². The molecule has 2 unspecified atom stereocenters. The highest BCUT2D eigenvalue weighted by atomic mass is 35.5. The van der Waals surface area contributed by atoms with Gasteiger partial charge in [0.25, 0.3) is 5.91 Å². The van der Waals surface area contributed by atoms with Crippen molar-refractivity contribution in [3.63, 3.8) is 0 Å². The number of rotatable bonds is 5. The molecule has 3 fully saturated rings. The molecule has 3 aromatic rings. The van der Waals surface area contributed by atoms with Crippen LogP contribution in [0, 0.1) is 12.3 Å². The van der Waals surface area contributed by atoms with Crippen molar-refractivity contribution < 1.29 is 13.2 Å². The molecule has 0 radical (unpaired) electrons. The molecule has 2 saturated heterocycles. The Balaban J connectivity index is 1.32. The van der Waals surface area contributed by atoms with Crippen molar-refractivity contribution in [2.45, 2.75) is 51.1 Å². The summed E-state index contributed by atoms with van der Waals surface area (Å²) in [7, 11) is -3.58. The summed E-state index contributed by atoms with van der Waals surface area (Å²) in [4.78, 5) is 22.8. The van der Waals surface area contributed by atoms with Gasteiger partial charge in [-0.15, -0.1) is 0 Å². The maximum absolute atomic E-state index is 13.8. The summed E-state index contributed by atoms with van der Waals surface area (Å²) in [5.74, 6) is 0.654. The molecule has 2 atom stereocenters. The number of piperidine rings is 1. The van der Waals surface area contributed by atoms with Crippen molar-refractivity contribution in [2.24, 2.45) is 11.1 Å². The first-order valence-electron chi connectivity index (χ1n) is 13.0. The Kier molecular flexibility index (Phi) is 6.08. The summed E-state index contributed by atoms with van der Waals surface area (Å²) in [6, 6.07) is 6.46. The van der Waals surface area contributed by atoms with Gasteiger partial charge >= 0.3 is 0 Å². The van der Waals surface area contributed by atoms with E-state index in [9.17, 15) is 13.2 Å². The van der Waals surface area contributed by atoms with Gasteiger partial charge in [0.1, 0.15) is 5.82 Å². The van der Waals surface area contributed by atoms with Gasteiger partial charge < -0.3 is 15.5 Å². The van der Waals surface area contributed by atoms with E-state index in [1.807, 2.05) is 19.2 Å². The summed E-state index contributed by atoms with van der Waals surface area (Å²) in [6.45, 7) is 4.32. The van der Waals surface area contributed by atoms with Crippen molar-refractivity contribution in [3.8, 4) is 0 Å². The van der Waals surface area contributed by atoms with E-state index >= 15 is 0 Å². The maximum atomic E-state index is 13.8. The predicted molar refractivity (Wildman–Crippen MR) is 147 cm³/mol. The molecule has 202 valence electrons. The highest BCUT2D eigenvalue weighted by Gasteiger charge is 2.54. The Morgan fingerprint density at radius 2 is 2.03 bits per heavy atom. The van der Waals surface area contributed by atoms with Crippen molar-refractivity contribution in [2.75, 3.05) is 35.5 Å². The van der Waals surface area contributed by atoms with Crippen molar-refractivity contribution in [1.82, 2.24) is 19.5 Å². The zero-order valence-electron chi connectivity index (χ0n) is 21.5. The third kappa shape index (κ3) is 4.60. The summed E-state index contributed by atoms with van der Waals surface area (Å²) in [5, 5.41) is 5.18. The van der Waals surface area contributed by atoms with Crippen LogP contribution in [0.4, 0.5) is 11.5 Å². The second kappa shape index (κ2) is 9.10. The minimum Gasteiger partial charge on any atom is -0.354 e. The smallest absolute Gasteiger partial charge is 0.256 e. The highest BCUT2D eigenvalue weighted by Crippen LogP contribution is 2.52. The average Bonchev–Trinajstić information content (AvgIpc) is 3.42. The largest absolute Gasteiger partial charge is 0.354 e. The van der Waals surface area contributed by atoms with Crippen LogP contribution >= 0.6 is 11.6 Å². The normalized spacial score (nSPS) is 22.8. The molecule has 10 nitrogen and oxygen atoms in total. The number of hydrogen-bond acceptors (Lipinski definition) is 7. The number of hydrogen-bond donors (Lipinski definition) is 2. The molecule has 2 aliphatic heterocycles. The van der Waals surface area contributed by atoms with Crippen LogP contribution in [-0.4, -0.2) is 65.8 Å². The number of aryl methyl sites for hydroxylation is 1. The lowest BCUT2D eigenvalue weighted by molar-refractivity contribution is 0.0607. The Bertz CT molecular complexity index is 1540. The maximum Gasteiger partial charge on any atom is 0.256 e. The van der Waals surface area contributed by atoms with Crippen molar-refractivity contribution in [3.05, 3.63) is 52.3 Å². The number of anilines is 2. The van der Waals surface area contributed by atoms with Gasteiger partial charge in [0.2, 0.25) is 10.0 Å². The number of likely N-dealkylation sites (tertiary alicyclic amines) is 1. The van der Waals surface area contributed by atoms with E-state index in [1.165, 1.54) is 25.0 Å². The number of nitrogens with two attached hydrogens (primary N) is 1. The Hall–Kier alpha value is -2.89. The van der Waals surface area contributed by atoms with Gasteiger partial charge in [-0.05, 0) is 57.2 Å². The fourth-order valence-corrected chi connectivity index (χ4v) is 6.71. The highest BCUT2D eigenvalue weighted by molar-refractivity contribution is 7.92. The molecule has 3 aliphatic rings. The molecule has 3 N–H and O–H groups in total. The molecule has 6 rings (SSSR count). The minimum atomic E-state index is -3.58. The predicted octanol–water partition coefficient (Wildman–Crippen LogP) is 3.36. The number of carbonyl (C=O) groups is 1. The number of benzene rings is 1. The topological polar surface area (TPSA) is 126 Å². The molecule has 1 amide bonds. The molecule has 1 saturated carbocycles. The van der Waals surface area contributed by atoms with Gasteiger partial charge in [-0.2, -0.15) is 5.10 Å². The van der Waals surface area contributed by atoms with E-state index in [1.54, 1.807) is 15.5 Å². The van der Waals surface area contributed by atoms with Crippen LogP contribution < -0.4 is 15.4 Å². The Morgan fingerprint density at radius 3 is 2.74 bits per heavy atom. The Labute approximate surface area is 227 Å². The molecular formula is C26H32ClN7O3S. The van der Waals surface area contributed by atoms with Gasteiger partial charge in [-0.25, -0.2) is 17.9 Å². The summed E-state index contributed by atoms with van der Waals surface area (Å²) in [5.41, 5.74) is 9.64. The average molecular weight is 558 g/mol. The number of halogens is 1.